The lowest BCUT2D eigenvalue weighted by Crippen LogP contribution is -2.51. The lowest BCUT2D eigenvalue weighted by molar-refractivity contribution is -0.144. The van der Waals surface area contributed by atoms with E-state index in [1.807, 2.05) is 26.0 Å². The van der Waals surface area contributed by atoms with Crippen LogP contribution in [0, 0.1) is 11.7 Å². The zero-order chi connectivity index (χ0) is 14.7. The van der Waals surface area contributed by atoms with Gasteiger partial charge in [-0.2, -0.15) is 0 Å². The summed E-state index contributed by atoms with van der Waals surface area (Å²) in [6.07, 6.45) is 1.72. The first kappa shape index (κ1) is 15.0. The molecule has 0 saturated heterocycles. The Hall–Kier alpha value is -1.42. The molecule has 1 aliphatic rings. The van der Waals surface area contributed by atoms with Crippen LogP contribution < -0.4 is 5.32 Å². The number of hydrogen-bond acceptors (Lipinski definition) is 3. The van der Waals surface area contributed by atoms with Crippen LogP contribution in [0.25, 0.3) is 0 Å². The summed E-state index contributed by atoms with van der Waals surface area (Å²) < 4.78 is 18.5. The van der Waals surface area contributed by atoms with Crippen molar-refractivity contribution in [1.82, 2.24) is 5.32 Å². The van der Waals surface area contributed by atoms with Gasteiger partial charge >= 0.3 is 5.97 Å². The van der Waals surface area contributed by atoms with Crippen LogP contribution in [0.1, 0.15) is 38.2 Å². The standard InChI is InChI=1S/C16H22FNO2/c1-10(2)15(16(19)20-3)18-12-8-11(9-12)13-6-4-5-7-14(13)17/h4-7,10-12,15,18H,8-9H2,1-3H3. The summed E-state index contributed by atoms with van der Waals surface area (Å²) >= 11 is 0. The molecule has 0 aromatic heterocycles. The molecule has 1 aromatic rings. The van der Waals surface area contributed by atoms with Gasteiger partial charge in [0.25, 0.3) is 0 Å². The zero-order valence-electron chi connectivity index (χ0n) is 12.2. The highest BCUT2D eigenvalue weighted by molar-refractivity contribution is 5.76. The quantitative estimate of drug-likeness (QED) is 0.842. The van der Waals surface area contributed by atoms with Gasteiger partial charge in [0, 0.05) is 6.04 Å². The van der Waals surface area contributed by atoms with E-state index in [0.717, 1.165) is 18.4 Å². The molecular weight excluding hydrogens is 257 g/mol. The molecule has 1 unspecified atom stereocenters. The highest BCUT2D eigenvalue weighted by Gasteiger charge is 2.35. The molecular formula is C16H22FNO2. The topological polar surface area (TPSA) is 38.3 Å². The number of rotatable bonds is 5. The Labute approximate surface area is 119 Å². The van der Waals surface area contributed by atoms with Crippen molar-refractivity contribution in [1.29, 1.82) is 0 Å². The Morgan fingerprint density at radius 2 is 2.00 bits per heavy atom. The molecule has 0 radical (unpaired) electrons. The molecule has 2 rings (SSSR count). The van der Waals surface area contributed by atoms with Crippen molar-refractivity contribution in [3.63, 3.8) is 0 Å². The Bertz CT molecular complexity index is 469. The number of benzene rings is 1. The monoisotopic (exact) mass is 279 g/mol. The van der Waals surface area contributed by atoms with E-state index in [0.29, 0.717) is 0 Å². The molecule has 20 heavy (non-hydrogen) atoms. The van der Waals surface area contributed by atoms with Crippen molar-refractivity contribution < 1.29 is 13.9 Å². The van der Waals surface area contributed by atoms with Crippen molar-refractivity contribution in [2.24, 2.45) is 5.92 Å². The number of esters is 1. The average molecular weight is 279 g/mol. The predicted octanol–water partition coefficient (Wildman–Crippen LogP) is 2.86. The summed E-state index contributed by atoms with van der Waals surface area (Å²) in [5.41, 5.74) is 0.782. The maximum absolute atomic E-state index is 13.7. The van der Waals surface area contributed by atoms with E-state index < -0.39 is 0 Å². The van der Waals surface area contributed by atoms with E-state index in [4.69, 9.17) is 4.74 Å². The van der Waals surface area contributed by atoms with E-state index >= 15 is 0 Å². The maximum atomic E-state index is 13.7. The fraction of sp³-hybridized carbons (Fsp3) is 0.562. The zero-order valence-corrected chi connectivity index (χ0v) is 12.2. The Morgan fingerprint density at radius 1 is 1.35 bits per heavy atom. The molecule has 1 N–H and O–H groups in total. The van der Waals surface area contributed by atoms with Gasteiger partial charge in [0.1, 0.15) is 11.9 Å². The van der Waals surface area contributed by atoms with Crippen LogP contribution in [-0.2, 0) is 9.53 Å². The normalized spacial score (nSPS) is 23.2. The Balaban J connectivity index is 1.90. The van der Waals surface area contributed by atoms with Crippen molar-refractivity contribution in [2.75, 3.05) is 7.11 Å². The van der Waals surface area contributed by atoms with Crippen molar-refractivity contribution >= 4 is 5.97 Å². The molecule has 1 aliphatic carbocycles. The highest BCUT2D eigenvalue weighted by Crippen LogP contribution is 2.38. The van der Waals surface area contributed by atoms with Gasteiger partial charge in [-0.25, -0.2) is 4.39 Å². The number of methoxy groups -OCH3 is 1. The van der Waals surface area contributed by atoms with E-state index in [9.17, 15) is 9.18 Å². The lowest BCUT2D eigenvalue weighted by Gasteiger charge is -2.39. The van der Waals surface area contributed by atoms with Gasteiger partial charge in [0.05, 0.1) is 7.11 Å². The summed E-state index contributed by atoms with van der Waals surface area (Å²) in [6, 6.07) is 6.89. The second kappa shape index (κ2) is 6.35. The van der Waals surface area contributed by atoms with Crippen LogP contribution in [-0.4, -0.2) is 25.2 Å². The van der Waals surface area contributed by atoms with Crippen LogP contribution in [0.2, 0.25) is 0 Å². The van der Waals surface area contributed by atoms with Gasteiger partial charge in [-0.1, -0.05) is 32.0 Å². The van der Waals surface area contributed by atoms with Gasteiger partial charge in [0.2, 0.25) is 0 Å². The van der Waals surface area contributed by atoms with Gasteiger partial charge in [-0.3, -0.25) is 4.79 Å². The van der Waals surface area contributed by atoms with Crippen LogP contribution in [0.3, 0.4) is 0 Å². The molecule has 110 valence electrons. The Kier molecular flexibility index (Phi) is 4.76. The summed E-state index contributed by atoms with van der Waals surface area (Å²) in [4.78, 5) is 11.7. The first-order valence-electron chi connectivity index (χ1n) is 7.11. The SMILES string of the molecule is COC(=O)C(NC1CC(c2ccccc2F)C1)C(C)C. The molecule has 0 aliphatic heterocycles. The first-order valence-corrected chi connectivity index (χ1v) is 7.11. The molecule has 0 heterocycles. The van der Waals surface area contributed by atoms with Gasteiger partial charge in [0.15, 0.2) is 0 Å². The third kappa shape index (κ3) is 3.18. The van der Waals surface area contributed by atoms with E-state index in [1.165, 1.54) is 13.2 Å². The minimum atomic E-state index is -0.286. The van der Waals surface area contributed by atoms with Crippen LogP contribution in [0.5, 0.6) is 0 Å². The molecule has 3 nitrogen and oxygen atoms in total. The summed E-state index contributed by atoms with van der Waals surface area (Å²) in [5, 5.41) is 3.33. The number of ether oxygens (including phenoxy) is 1. The van der Waals surface area contributed by atoms with E-state index in [2.05, 4.69) is 5.32 Å². The third-order valence-corrected chi connectivity index (χ3v) is 4.02. The minimum Gasteiger partial charge on any atom is -0.468 e. The van der Waals surface area contributed by atoms with Crippen molar-refractivity contribution in [3.05, 3.63) is 35.6 Å². The van der Waals surface area contributed by atoms with Crippen LogP contribution >= 0.6 is 0 Å². The van der Waals surface area contributed by atoms with Crippen LogP contribution in [0.15, 0.2) is 24.3 Å². The molecule has 0 amide bonds. The molecule has 4 heteroatoms. The van der Waals surface area contributed by atoms with Crippen molar-refractivity contribution in [2.45, 2.75) is 44.7 Å². The van der Waals surface area contributed by atoms with Gasteiger partial charge in [-0.05, 0) is 36.3 Å². The Morgan fingerprint density at radius 3 is 2.55 bits per heavy atom. The minimum absolute atomic E-state index is 0.135. The van der Waals surface area contributed by atoms with E-state index in [-0.39, 0.29) is 35.7 Å². The van der Waals surface area contributed by atoms with Crippen molar-refractivity contribution in [3.8, 4) is 0 Å². The number of carbonyl (C=O) groups is 1. The molecule has 0 bridgehead atoms. The summed E-state index contributed by atoms with van der Waals surface area (Å²) in [5.74, 6) is 0.0628. The van der Waals surface area contributed by atoms with Gasteiger partial charge < -0.3 is 10.1 Å². The highest BCUT2D eigenvalue weighted by atomic mass is 19.1. The molecule has 1 saturated carbocycles. The largest absolute Gasteiger partial charge is 0.468 e. The number of nitrogens with one attached hydrogen (secondary N) is 1. The molecule has 1 aromatic carbocycles. The second-order valence-corrected chi connectivity index (χ2v) is 5.80. The van der Waals surface area contributed by atoms with E-state index in [1.54, 1.807) is 6.07 Å². The lowest BCUT2D eigenvalue weighted by atomic mass is 9.75. The number of halogens is 1. The number of carbonyl (C=O) groups excluding carboxylic acids is 1. The average Bonchev–Trinajstić information content (AvgIpc) is 2.37. The molecule has 0 spiro atoms. The summed E-state index contributed by atoms with van der Waals surface area (Å²) in [7, 11) is 1.41. The van der Waals surface area contributed by atoms with Crippen LogP contribution in [0.4, 0.5) is 4.39 Å². The third-order valence-electron chi connectivity index (χ3n) is 4.02. The first-order chi connectivity index (χ1) is 9.52. The fourth-order valence-corrected chi connectivity index (χ4v) is 2.73. The second-order valence-electron chi connectivity index (χ2n) is 5.80. The molecule has 1 fully saturated rings. The molecule has 1 atom stereocenters. The summed E-state index contributed by atoms with van der Waals surface area (Å²) in [6.45, 7) is 3.98. The predicted molar refractivity (Wildman–Crippen MR) is 75.9 cm³/mol. The fourth-order valence-electron chi connectivity index (χ4n) is 2.73. The number of hydrogen-bond donors (Lipinski definition) is 1. The maximum Gasteiger partial charge on any atom is 0.323 e. The van der Waals surface area contributed by atoms with Gasteiger partial charge in [-0.15, -0.1) is 0 Å². The smallest absolute Gasteiger partial charge is 0.323 e.